The molecule has 0 spiro atoms. The van der Waals surface area contributed by atoms with Crippen molar-refractivity contribution in [1.29, 1.82) is 0 Å². The average Bonchev–Trinajstić information content (AvgIpc) is 2.87. The molecule has 3 aliphatic carbocycles. The molecule has 3 rings (SSSR count). The lowest BCUT2D eigenvalue weighted by atomic mass is 9.76. The van der Waals surface area contributed by atoms with Crippen LogP contribution >= 0.6 is 21.9 Å². The molecule has 0 aliphatic heterocycles. The summed E-state index contributed by atoms with van der Waals surface area (Å²) in [7, 11) is 2.97. The number of hydrogen-bond donors (Lipinski definition) is 1. The van der Waals surface area contributed by atoms with Crippen LogP contribution in [0.2, 0.25) is 0 Å². The molecule has 6 unspecified atom stereocenters. The van der Waals surface area contributed by atoms with Crippen molar-refractivity contribution >= 4 is 21.9 Å². The highest BCUT2D eigenvalue weighted by Gasteiger charge is 2.54. The Balaban J connectivity index is 1.75. The molecule has 3 fully saturated rings. The Morgan fingerprint density at radius 3 is 2.50 bits per heavy atom. The fourth-order valence-electron chi connectivity index (χ4n) is 4.75. The van der Waals surface area contributed by atoms with E-state index in [2.05, 4.69) is 21.9 Å². The summed E-state index contributed by atoms with van der Waals surface area (Å²) in [5.41, 5.74) is 0. The van der Waals surface area contributed by atoms with Crippen molar-refractivity contribution in [3.63, 3.8) is 0 Å². The maximum absolute atomic E-state index is 4.48. The Hall–Kier alpha value is 0.780. The Bertz CT molecular complexity index is 228. The summed E-state index contributed by atoms with van der Waals surface area (Å²) in [6.45, 7) is 0. The van der Waals surface area contributed by atoms with Crippen molar-refractivity contribution in [1.82, 2.24) is 0 Å². The highest BCUT2D eigenvalue weighted by atomic mass is 32.1. The zero-order valence-electron chi connectivity index (χ0n) is 8.73. The van der Waals surface area contributed by atoms with E-state index in [4.69, 9.17) is 0 Å². The van der Waals surface area contributed by atoms with Crippen LogP contribution in [0.4, 0.5) is 0 Å². The lowest BCUT2D eigenvalue weighted by Gasteiger charge is -2.30. The molecular formula is C12H21PS. The van der Waals surface area contributed by atoms with E-state index in [1.807, 2.05) is 0 Å². The summed E-state index contributed by atoms with van der Waals surface area (Å²) < 4.78 is 0. The highest BCUT2D eigenvalue weighted by molar-refractivity contribution is 7.80. The summed E-state index contributed by atoms with van der Waals surface area (Å²) in [5.74, 6) is 7.60. The molecule has 7 atom stereocenters. The van der Waals surface area contributed by atoms with Gasteiger partial charge >= 0.3 is 0 Å². The molecular weight excluding hydrogens is 207 g/mol. The van der Waals surface area contributed by atoms with Gasteiger partial charge in [-0.25, -0.2) is 0 Å². The summed E-state index contributed by atoms with van der Waals surface area (Å²) >= 11 is 4.48. The molecule has 2 heteroatoms. The van der Waals surface area contributed by atoms with E-state index < -0.39 is 0 Å². The van der Waals surface area contributed by atoms with Gasteiger partial charge in [-0.2, -0.15) is 12.6 Å². The van der Waals surface area contributed by atoms with E-state index in [9.17, 15) is 0 Å². The highest BCUT2D eigenvalue weighted by Crippen LogP contribution is 2.62. The summed E-state index contributed by atoms with van der Waals surface area (Å²) in [5, 5.41) is 0. The summed E-state index contributed by atoms with van der Waals surface area (Å²) in [4.78, 5) is 0. The Morgan fingerprint density at radius 1 is 1.00 bits per heavy atom. The van der Waals surface area contributed by atoms with Crippen LogP contribution in [-0.4, -0.2) is 11.9 Å². The zero-order valence-corrected chi connectivity index (χ0v) is 10.8. The number of hydrogen-bond acceptors (Lipinski definition) is 1. The fraction of sp³-hybridized carbons (Fsp3) is 1.00. The predicted octanol–water partition coefficient (Wildman–Crippen LogP) is 3.09. The molecule has 14 heavy (non-hydrogen) atoms. The van der Waals surface area contributed by atoms with Gasteiger partial charge in [0.25, 0.3) is 0 Å². The zero-order chi connectivity index (χ0) is 9.71. The van der Waals surface area contributed by atoms with Crippen LogP contribution in [0, 0.1) is 35.5 Å². The van der Waals surface area contributed by atoms with Crippen LogP contribution in [0.25, 0.3) is 0 Å². The third kappa shape index (κ3) is 1.31. The Morgan fingerprint density at radius 2 is 1.79 bits per heavy atom. The molecule has 0 aromatic heterocycles. The lowest BCUT2D eigenvalue weighted by molar-refractivity contribution is 0.204. The van der Waals surface area contributed by atoms with E-state index in [0.717, 1.165) is 41.3 Å². The third-order valence-electron chi connectivity index (χ3n) is 5.26. The van der Waals surface area contributed by atoms with Gasteiger partial charge in [0.15, 0.2) is 0 Å². The first-order valence-electron chi connectivity index (χ1n) is 6.14. The first-order chi connectivity index (χ1) is 6.83. The van der Waals surface area contributed by atoms with Crippen molar-refractivity contribution in [3.8, 4) is 0 Å². The van der Waals surface area contributed by atoms with Gasteiger partial charge in [0, 0.05) is 0 Å². The van der Waals surface area contributed by atoms with Gasteiger partial charge in [-0.15, -0.1) is 9.24 Å². The van der Waals surface area contributed by atoms with Gasteiger partial charge < -0.3 is 0 Å². The van der Waals surface area contributed by atoms with E-state index in [0.29, 0.717) is 0 Å². The van der Waals surface area contributed by atoms with Crippen LogP contribution < -0.4 is 0 Å². The molecule has 0 aromatic rings. The van der Waals surface area contributed by atoms with Crippen LogP contribution in [0.5, 0.6) is 0 Å². The molecule has 0 radical (unpaired) electrons. The Labute approximate surface area is 95.2 Å². The Kier molecular flexibility index (Phi) is 2.61. The van der Waals surface area contributed by atoms with Gasteiger partial charge in [-0.05, 0) is 73.1 Å². The molecule has 0 saturated heterocycles. The number of rotatable bonds is 2. The second kappa shape index (κ2) is 3.67. The van der Waals surface area contributed by atoms with Gasteiger partial charge in [-0.3, -0.25) is 0 Å². The van der Waals surface area contributed by atoms with E-state index in [1.165, 1.54) is 19.0 Å². The molecule has 2 bridgehead atoms. The largest absolute Gasteiger partial charge is 0.179 e. The van der Waals surface area contributed by atoms with Crippen LogP contribution in [0.3, 0.4) is 0 Å². The minimum absolute atomic E-state index is 0.960. The van der Waals surface area contributed by atoms with Crippen molar-refractivity contribution in [2.75, 3.05) is 11.9 Å². The minimum atomic E-state index is 0.960. The molecule has 0 nitrogen and oxygen atoms in total. The fourth-order valence-corrected chi connectivity index (χ4v) is 5.59. The topological polar surface area (TPSA) is 0 Å². The first-order valence-corrected chi connectivity index (χ1v) is 7.59. The SMILES string of the molecule is PCC1CC2CC1C1CC(CS)C[C@H]21. The standard InChI is InChI=1S/C12H21PS/c13-5-9-3-8-4-11(9)12-2-7(6-14)1-10(8)12/h7-12,14H,1-6,13H2/t7?,8?,9?,10-,11?,12?/m1/s1. The van der Waals surface area contributed by atoms with Crippen molar-refractivity contribution in [3.05, 3.63) is 0 Å². The molecule has 0 heterocycles. The van der Waals surface area contributed by atoms with Gasteiger partial charge in [0.05, 0.1) is 0 Å². The number of thiol groups is 1. The van der Waals surface area contributed by atoms with Gasteiger partial charge in [0.2, 0.25) is 0 Å². The normalized spacial score (nSPS) is 55.3. The number of fused-ring (bicyclic) bond motifs is 5. The predicted molar refractivity (Wildman–Crippen MR) is 67.8 cm³/mol. The quantitative estimate of drug-likeness (QED) is 0.545. The molecule has 3 aliphatic rings. The molecule has 80 valence electrons. The summed E-state index contributed by atoms with van der Waals surface area (Å²) in [6, 6.07) is 0. The third-order valence-corrected chi connectivity index (χ3v) is 6.39. The van der Waals surface area contributed by atoms with E-state index in [-0.39, 0.29) is 0 Å². The molecule has 3 saturated carbocycles. The average molecular weight is 228 g/mol. The van der Waals surface area contributed by atoms with E-state index in [1.54, 1.807) is 12.8 Å². The van der Waals surface area contributed by atoms with Crippen molar-refractivity contribution in [2.24, 2.45) is 35.5 Å². The maximum atomic E-state index is 4.48. The molecule has 0 N–H and O–H groups in total. The maximum Gasteiger partial charge on any atom is -0.00693 e. The van der Waals surface area contributed by atoms with Crippen LogP contribution in [-0.2, 0) is 0 Å². The second-order valence-corrected chi connectivity index (χ2v) is 6.58. The van der Waals surface area contributed by atoms with Crippen LogP contribution in [0.1, 0.15) is 25.7 Å². The monoisotopic (exact) mass is 228 g/mol. The van der Waals surface area contributed by atoms with Crippen molar-refractivity contribution in [2.45, 2.75) is 25.7 Å². The molecule has 0 aromatic carbocycles. The minimum Gasteiger partial charge on any atom is -0.179 e. The van der Waals surface area contributed by atoms with E-state index >= 15 is 0 Å². The second-order valence-electron chi connectivity index (χ2n) is 5.74. The lowest BCUT2D eigenvalue weighted by Crippen LogP contribution is -2.25. The van der Waals surface area contributed by atoms with Crippen molar-refractivity contribution < 1.29 is 0 Å². The van der Waals surface area contributed by atoms with Crippen LogP contribution in [0.15, 0.2) is 0 Å². The van der Waals surface area contributed by atoms with Gasteiger partial charge in [-0.1, -0.05) is 0 Å². The van der Waals surface area contributed by atoms with Gasteiger partial charge in [0.1, 0.15) is 0 Å². The summed E-state index contributed by atoms with van der Waals surface area (Å²) in [6.07, 6.45) is 7.51. The first kappa shape index (κ1) is 9.97. The molecule has 0 amide bonds. The smallest absolute Gasteiger partial charge is 0.00693 e.